The molecule has 9 heteroatoms. The summed E-state index contributed by atoms with van der Waals surface area (Å²) in [5, 5.41) is 3.69. The molecular formula is C10H11F3N2O2S2. The molecule has 106 valence electrons. The van der Waals surface area contributed by atoms with Gasteiger partial charge >= 0.3 is 6.08 Å². The molecule has 1 heterocycles. The summed E-state index contributed by atoms with van der Waals surface area (Å²) in [4.78, 5) is 9.13. The van der Waals surface area contributed by atoms with Gasteiger partial charge in [0.25, 0.3) is 0 Å². The molecule has 1 rings (SSSR count). The summed E-state index contributed by atoms with van der Waals surface area (Å²) >= 11 is 1.10. The van der Waals surface area contributed by atoms with E-state index < -0.39 is 29.1 Å². The van der Waals surface area contributed by atoms with Crippen LogP contribution in [0.1, 0.15) is 18.2 Å². The van der Waals surface area contributed by atoms with Crippen LogP contribution in [0.25, 0.3) is 0 Å². The van der Waals surface area contributed by atoms with Crippen LogP contribution in [0, 0.1) is 0 Å². The molecule has 1 unspecified atom stereocenters. The molecule has 0 saturated carbocycles. The third kappa shape index (κ3) is 4.75. The molecule has 0 amide bonds. The molecule has 1 aromatic rings. The Bertz CT molecular complexity index is 525. The molecule has 19 heavy (non-hydrogen) atoms. The van der Waals surface area contributed by atoms with E-state index >= 15 is 0 Å². The molecule has 0 radical (unpaired) electrons. The van der Waals surface area contributed by atoms with E-state index in [-0.39, 0.29) is 10.1 Å². The molecule has 0 spiro atoms. The Morgan fingerprint density at radius 2 is 2.21 bits per heavy atom. The van der Waals surface area contributed by atoms with E-state index in [9.17, 15) is 17.4 Å². The molecule has 0 fully saturated rings. The Kier molecular flexibility index (Phi) is 6.16. The number of oxime groups is 1. The van der Waals surface area contributed by atoms with E-state index in [4.69, 9.17) is 0 Å². The highest BCUT2D eigenvalue weighted by Gasteiger charge is 2.14. The summed E-state index contributed by atoms with van der Waals surface area (Å²) in [5.74, 6) is -1.78. The van der Waals surface area contributed by atoms with E-state index in [1.54, 1.807) is 6.92 Å². The number of thiazole rings is 1. The van der Waals surface area contributed by atoms with Gasteiger partial charge in [-0.3, -0.25) is 4.21 Å². The number of allylic oxidation sites excluding steroid dienone is 1. The van der Waals surface area contributed by atoms with E-state index in [2.05, 4.69) is 15.0 Å². The maximum absolute atomic E-state index is 12.6. The number of hydrogen-bond acceptors (Lipinski definition) is 5. The fourth-order valence-corrected chi connectivity index (χ4v) is 3.26. The van der Waals surface area contributed by atoms with Gasteiger partial charge in [0.1, 0.15) is 7.11 Å². The van der Waals surface area contributed by atoms with Crippen molar-refractivity contribution in [2.45, 2.75) is 17.7 Å². The fourth-order valence-electron chi connectivity index (χ4n) is 1.08. The van der Waals surface area contributed by atoms with Gasteiger partial charge in [-0.15, -0.1) is 11.3 Å². The highest BCUT2D eigenvalue weighted by Crippen LogP contribution is 2.20. The first-order valence-electron chi connectivity index (χ1n) is 5.07. The van der Waals surface area contributed by atoms with Crippen molar-refractivity contribution in [3.05, 3.63) is 23.0 Å². The topological polar surface area (TPSA) is 51.6 Å². The standard InChI is InChI=1S/C10H11F3N2O2S2/c1-6(15-17-2)8-5-14-10(18-8)19(16)4-3-7(11)9(12)13/h5H,3-4H2,1-2H3/b15-6-. The lowest BCUT2D eigenvalue weighted by molar-refractivity contribution is 0.213. The van der Waals surface area contributed by atoms with Gasteiger partial charge in [0.05, 0.1) is 21.4 Å². The van der Waals surface area contributed by atoms with Crippen LogP contribution in [-0.2, 0) is 15.6 Å². The van der Waals surface area contributed by atoms with Gasteiger partial charge in [-0.2, -0.15) is 8.78 Å². The van der Waals surface area contributed by atoms with Crippen molar-refractivity contribution >= 4 is 27.8 Å². The summed E-state index contributed by atoms with van der Waals surface area (Å²) in [6.45, 7) is 1.69. The van der Waals surface area contributed by atoms with Crippen LogP contribution in [0.4, 0.5) is 13.2 Å². The van der Waals surface area contributed by atoms with Crippen LogP contribution in [0.2, 0.25) is 0 Å². The minimum Gasteiger partial charge on any atom is -0.399 e. The fraction of sp³-hybridized carbons (Fsp3) is 0.400. The van der Waals surface area contributed by atoms with Crippen molar-refractivity contribution in [2.75, 3.05) is 12.9 Å². The summed E-state index contributed by atoms with van der Waals surface area (Å²) in [6, 6.07) is 0. The number of hydrogen-bond donors (Lipinski definition) is 0. The smallest absolute Gasteiger partial charge is 0.301 e. The third-order valence-corrected chi connectivity index (χ3v) is 4.75. The van der Waals surface area contributed by atoms with Crippen molar-refractivity contribution in [1.29, 1.82) is 0 Å². The van der Waals surface area contributed by atoms with Crippen molar-refractivity contribution in [2.24, 2.45) is 5.16 Å². The van der Waals surface area contributed by atoms with Crippen LogP contribution in [-0.4, -0.2) is 27.8 Å². The highest BCUT2D eigenvalue weighted by atomic mass is 32.2. The zero-order valence-corrected chi connectivity index (χ0v) is 11.8. The highest BCUT2D eigenvalue weighted by molar-refractivity contribution is 7.87. The van der Waals surface area contributed by atoms with Gasteiger partial charge in [-0.25, -0.2) is 9.37 Å². The lowest BCUT2D eigenvalue weighted by Gasteiger charge is -1.96. The van der Waals surface area contributed by atoms with Crippen molar-refractivity contribution in [1.82, 2.24) is 4.98 Å². The second-order valence-corrected chi connectivity index (χ2v) is 6.09. The van der Waals surface area contributed by atoms with Crippen LogP contribution >= 0.6 is 11.3 Å². The number of aromatic nitrogens is 1. The Morgan fingerprint density at radius 3 is 2.79 bits per heavy atom. The van der Waals surface area contributed by atoms with Crippen molar-refractivity contribution < 1.29 is 22.2 Å². The SMILES string of the molecule is CO/N=C(/C)c1cnc(S(=O)CCC(F)=C(F)F)s1. The molecule has 1 aromatic heterocycles. The van der Waals surface area contributed by atoms with E-state index in [1.165, 1.54) is 13.3 Å². The molecular weight excluding hydrogens is 301 g/mol. The molecule has 0 aliphatic carbocycles. The molecule has 4 nitrogen and oxygen atoms in total. The third-order valence-electron chi connectivity index (χ3n) is 1.98. The van der Waals surface area contributed by atoms with E-state index in [0.717, 1.165) is 11.3 Å². The van der Waals surface area contributed by atoms with Gasteiger partial charge in [0.2, 0.25) is 0 Å². The molecule has 0 saturated heterocycles. The first kappa shape index (κ1) is 15.8. The van der Waals surface area contributed by atoms with Crippen LogP contribution < -0.4 is 0 Å². The first-order valence-corrected chi connectivity index (χ1v) is 7.21. The minimum absolute atomic E-state index is 0.239. The van der Waals surface area contributed by atoms with Gasteiger partial charge < -0.3 is 4.84 Å². The van der Waals surface area contributed by atoms with E-state index in [0.29, 0.717) is 10.6 Å². The second-order valence-electron chi connectivity index (χ2n) is 3.31. The zero-order chi connectivity index (χ0) is 14.4. The normalized spacial score (nSPS) is 13.2. The number of halogens is 3. The Hall–Kier alpha value is -1.22. The average molecular weight is 312 g/mol. The van der Waals surface area contributed by atoms with Crippen LogP contribution in [0.3, 0.4) is 0 Å². The quantitative estimate of drug-likeness (QED) is 0.599. The molecule has 0 bridgehead atoms. The molecule has 0 N–H and O–H groups in total. The van der Waals surface area contributed by atoms with Crippen LogP contribution in [0.5, 0.6) is 0 Å². The Labute approximate surface area is 114 Å². The first-order chi connectivity index (χ1) is 8.95. The number of rotatable bonds is 6. The Balaban J connectivity index is 2.69. The van der Waals surface area contributed by atoms with Crippen LogP contribution in [0.15, 0.2) is 27.6 Å². The van der Waals surface area contributed by atoms with Gasteiger partial charge in [0, 0.05) is 18.4 Å². The summed E-state index contributed by atoms with van der Waals surface area (Å²) in [6.07, 6.45) is -1.49. The lowest BCUT2D eigenvalue weighted by atomic mass is 10.4. The largest absolute Gasteiger partial charge is 0.399 e. The molecule has 0 aliphatic heterocycles. The average Bonchev–Trinajstić information content (AvgIpc) is 2.85. The molecule has 0 aliphatic rings. The van der Waals surface area contributed by atoms with Gasteiger partial charge in [-0.05, 0) is 6.92 Å². The zero-order valence-electron chi connectivity index (χ0n) is 10.2. The van der Waals surface area contributed by atoms with E-state index in [1.807, 2.05) is 0 Å². The Morgan fingerprint density at radius 1 is 1.53 bits per heavy atom. The summed E-state index contributed by atoms with van der Waals surface area (Å²) in [7, 11) is -0.223. The van der Waals surface area contributed by atoms with Gasteiger partial charge in [0.15, 0.2) is 10.2 Å². The predicted molar refractivity (Wildman–Crippen MR) is 67.6 cm³/mol. The maximum Gasteiger partial charge on any atom is 0.301 e. The van der Waals surface area contributed by atoms with Crippen molar-refractivity contribution in [3.63, 3.8) is 0 Å². The lowest BCUT2D eigenvalue weighted by Crippen LogP contribution is -1.98. The monoisotopic (exact) mass is 312 g/mol. The molecule has 0 aromatic carbocycles. The number of nitrogens with zero attached hydrogens (tertiary/aromatic N) is 2. The minimum atomic E-state index is -2.38. The van der Waals surface area contributed by atoms with Gasteiger partial charge in [-0.1, -0.05) is 5.16 Å². The molecule has 1 atom stereocenters. The maximum atomic E-state index is 12.6. The predicted octanol–water partition coefficient (Wildman–Crippen LogP) is 3.09. The summed E-state index contributed by atoms with van der Waals surface area (Å²) in [5.41, 5.74) is 0.559. The second kappa shape index (κ2) is 7.39. The summed E-state index contributed by atoms with van der Waals surface area (Å²) < 4.78 is 48.2. The van der Waals surface area contributed by atoms with Crippen molar-refractivity contribution in [3.8, 4) is 0 Å².